The van der Waals surface area contributed by atoms with Gasteiger partial charge in [0.2, 0.25) is 0 Å². The topological polar surface area (TPSA) is 65.5 Å². The summed E-state index contributed by atoms with van der Waals surface area (Å²) in [5, 5.41) is 0. The van der Waals surface area contributed by atoms with Crippen LogP contribution in [0.15, 0.2) is 27.3 Å². The molecule has 0 saturated heterocycles. The van der Waals surface area contributed by atoms with E-state index in [-0.39, 0.29) is 0 Å². The molecule has 2 rings (SSSR count). The summed E-state index contributed by atoms with van der Waals surface area (Å²) in [6.45, 7) is 2.09. The fourth-order valence-corrected chi connectivity index (χ4v) is 2.57. The highest BCUT2D eigenvalue weighted by atomic mass is 79.9. The van der Waals surface area contributed by atoms with Crippen LogP contribution in [0.2, 0.25) is 0 Å². The van der Waals surface area contributed by atoms with E-state index in [1.807, 2.05) is 6.07 Å². The van der Waals surface area contributed by atoms with E-state index in [1.54, 1.807) is 19.1 Å². The van der Waals surface area contributed by atoms with Crippen molar-refractivity contribution in [2.75, 3.05) is 12.3 Å². The Labute approximate surface area is 111 Å². The van der Waals surface area contributed by atoms with Crippen LogP contribution in [0.5, 0.6) is 0 Å². The van der Waals surface area contributed by atoms with Crippen LogP contribution >= 0.6 is 27.3 Å². The van der Waals surface area contributed by atoms with Crippen molar-refractivity contribution in [2.45, 2.75) is 6.92 Å². The normalized spacial score (nSPS) is 10.5. The van der Waals surface area contributed by atoms with Crippen LogP contribution < -0.4 is 5.73 Å². The van der Waals surface area contributed by atoms with E-state index in [2.05, 4.69) is 15.9 Å². The van der Waals surface area contributed by atoms with Gasteiger partial charge in [-0.2, -0.15) is 0 Å². The third kappa shape index (κ3) is 2.53. The van der Waals surface area contributed by atoms with Gasteiger partial charge in [0.1, 0.15) is 10.6 Å². The minimum Gasteiger partial charge on any atom is -0.462 e. The minimum absolute atomic E-state index is 0.331. The molecule has 0 aliphatic carbocycles. The molecule has 90 valence electrons. The fourth-order valence-electron chi connectivity index (χ4n) is 1.33. The van der Waals surface area contributed by atoms with Crippen LogP contribution in [0.1, 0.15) is 16.6 Å². The van der Waals surface area contributed by atoms with E-state index in [9.17, 15) is 4.79 Å². The molecule has 4 nitrogen and oxygen atoms in total. The highest BCUT2D eigenvalue weighted by molar-refractivity contribution is 9.10. The van der Waals surface area contributed by atoms with Gasteiger partial charge >= 0.3 is 5.97 Å². The molecule has 0 fully saturated rings. The first-order valence-electron chi connectivity index (χ1n) is 4.94. The molecule has 0 saturated carbocycles. The highest BCUT2D eigenvalue weighted by Crippen LogP contribution is 2.35. The number of thiophene rings is 1. The Kier molecular flexibility index (Phi) is 3.54. The van der Waals surface area contributed by atoms with E-state index in [0.717, 1.165) is 4.88 Å². The first kappa shape index (κ1) is 12.2. The molecule has 0 aliphatic rings. The third-order valence-electron chi connectivity index (χ3n) is 2.04. The number of hydrogen-bond donors (Lipinski definition) is 1. The molecule has 0 radical (unpaired) electrons. The molecule has 2 N–H and O–H groups in total. The molecule has 0 spiro atoms. The summed E-state index contributed by atoms with van der Waals surface area (Å²) in [4.78, 5) is 12.8. The number of nitrogen functional groups attached to an aromatic ring is 1. The van der Waals surface area contributed by atoms with E-state index in [0.29, 0.717) is 27.6 Å². The molecule has 0 unspecified atom stereocenters. The van der Waals surface area contributed by atoms with E-state index in [1.165, 1.54) is 11.3 Å². The molecule has 0 aliphatic heterocycles. The lowest BCUT2D eigenvalue weighted by Gasteiger charge is -1.98. The molecule has 6 heteroatoms. The lowest BCUT2D eigenvalue weighted by atomic mass is 10.3. The van der Waals surface area contributed by atoms with Gasteiger partial charge in [0.05, 0.1) is 17.2 Å². The van der Waals surface area contributed by atoms with Gasteiger partial charge in [0.25, 0.3) is 0 Å². The van der Waals surface area contributed by atoms with Crippen LogP contribution in [-0.2, 0) is 4.74 Å². The van der Waals surface area contributed by atoms with Gasteiger partial charge in [0, 0.05) is 0 Å². The maximum absolute atomic E-state index is 11.6. The van der Waals surface area contributed by atoms with Crippen LogP contribution in [-0.4, -0.2) is 12.6 Å². The van der Waals surface area contributed by atoms with Crippen molar-refractivity contribution >= 4 is 38.9 Å². The minimum atomic E-state index is -0.396. The molecule has 0 amide bonds. The Morgan fingerprint density at radius 3 is 2.94 bits per heavy atom. The molecule has 17 heavy (non-hydrogen) atoms. The zero-order valence-electron chi connectivity index (χ0n) is 9.03. The Bertz CT molecular complexity index is 547. The van der Waals surface area contributed by atoms with Crippen molar-refractivity contribution in [2.24, 2.45) is 0 Å². The van der Waals surface area contributed by atoms with Crippen LogP contribution in [0.4, 0.5) is 5.69 Å². The van der Waals surface area contributed by atoms with Crippen LogP contribution in [0.25, 0.3) is 10.6 Å². The number of esters is 1. The predicted molar refractivity (Wildman–Crippen MR) is 70.1 cm³/mol. The number of carbonyl (C=O) groups is 1. The van der Waals surface area contributed by atoms with Crippen molar-refractivity contribution in [1.82, 2.24) is 0 Å². The summed E-state index contributed by atoms with van der Waals surface area (Å²) >= 11 is 4.48. The smallest absolute Gasteiger partial charge is 0.350 e. The molecule has 0 aromatic carbocycles. The second-order valence-electron chi connectivity index (χ2n) is 3.22. The zero-order chi connectivity index (χ0) is 12.4. The van der Waals surface area contributed by atoms with E-state index >= 15 is 0 Å². The highest BCUT2D eigenvalue weighted by Gasteiger charge is 2.17. The molecule has 0 bridgehead atoms. The molecule has 2 aromatic heterocycles. The van der Waals surface area contributed by atoms with Gasteiger partial charge in [0.15, 0.2) is 4.67 Å². The van der Waals surface area contributed by atoms with Crippen LogP contribution in [0, 0.1) is 0 Å². The number of anilines is 1. The average Bonchev–Trinajstić information content (AvgIpc) is 2.85. The number of carbonyl (C=O) groups excluding carboxylic acids is 1. The lowest BCUT2D eigenvalue weighted by molar-refractivity contribution is 0.0533. The maximum atomic E-state index is 11.6. The number of furan rings is 1. The van der Waals surface area contributed by atoms with Crippen molar-refractivity contribution in [1.29, 1.82) is 0 Å². The Morgan fingerprint density at radius 2 is 2.35 bits per heavy atom. The average molecular weight is 316 g/mol. The van der Waals surface area contributed by atoms with E-state index in [4.69, 9.17) is 14.9 Å². The summed E-state index contributed by atoms with van der Waals surface area (Å²) in [6.07, 6.45) is 0. The van der Waals surface area contributed by atoms with Crippen LogP contribution in [0.3, 0.4) is 0 Å². The van der Waals surface area contributed by atoms with Gasteiger partial charge in [-0.3, -0.25) is 0 Å². The lowest BCUT2D eigenvalue weighted by Crippen LogP contribution is -2.04. The van der Waals surface area contributed by atoms with Crippen molar-refractivity contribution in [3.63, 3.8) is 0 Å². The summed E-state index contributed by atoms with van der Waals surface area (Å²) in [6, 6.07) is 5.31. The van der Waals surface area contributed by atoms with Gasteiger partial charge in [-0.25, -0.2) is 4.79 Å². The molecular formula is C11H10BrNO3S. The number of rotatable bonds is 3. The first-order chi connectivity index (χ1) is 8.11. The Morgan fingerprint density at radius 1 is 1.59 bits per heavy atom. The number of hydrogen-bond acceptors (Lipinski definition) is 5. The van der Waals surface area contributed by atoms with Gasteiger partial charge in [-0.1, -0.05) is 0 Å². The second kappa shape index (κ2) is 4.93. The third-order valence-corrected chi connectivity index (χ3v) is 3.61. The number of nitrogens with two attached hydrogens (primary N) is 1. The van der Waals surface area contributed by atoms with Gasteiger partial charge in [-0.15, -0.1) is 11.3 Å². The van der Waals surface area contributed by atoms with Crippen molar-refractivity contribution < 1.29 is 13.9 Å². The fraction of sp³-hybridized carbons (Fsp3) is 0.182. The molecular weight excluding hydrogens is 306 g/mol. The molecule has 0 atom stereocenters. The number of halogens is 1. The summed E-state index contributed by atoms with van der Waals surface area (Å²) in [5.74, 6) is 0.274. The first-order valence-corrected chi connectivity index (χ1v) is 6.55. The van der Waals surface area contributed by atoms with Gasteiger partial charge in [-0.05, 0) is 41.1 Å². The Hall–Kier alpha value is -1.27. The molecule has 2 aromatic rings. The summed E-state index contributed by atoms with van der Waals surface area (Å²) < 4.78 is 10.9. The standard InChI is InChI=1S/C11H10BrNO3S/c1-2-15-11(14)10-6(13)5-8(17-10)7-3-4-9(12)16-7/h3-5H,2,13H2,1H3. The SMILES string of the molecule is CCOC(=O)c1sc(-c2ccc(Br)o2)cc1N. The Balaban J connectivity index is 2.33. The quantitative estimate of drug-likeness (QED) is 0.880. The number of ether oxygens (including phenoxy) is 1. The molecule has 2 heterocycles. The largest absolute Gasteiger partial charge is 0.462 e. The second-order valence-corrected chi connectivity index (χ2v) is 5.05. The van der Waals surface area contributed by atoms with E-state index < -0.39 is 5.97 Å². The summed E-state index contributed by atoms with van der Waals surface area (Å²) in [5.41, 5.74) is 6.19. The van der Waals surface area contributed by atoms with Crippen molar-refractivity contribution in [3.05, 3.63) is 27.7 Å². The zero-order valence-corrected chi connectivity index (χ0v) is 11.4. The van der Waals surface area contributed by atoms with Crippen molar-refractivity contribution in [3.8, 4) is 10.6 Å². The summed E-state index contributed by atoms with van der Waals surface area (Å²) in [7, 11) is 0. The maximum Gasteiger partial charge on any atom is 0.350 e. The monoisotopic (exact) mass is 315 g/mol. The van der Waals surface area contributed by atoms with Gasteiger partial charge < -0.3 is 14.9 Å². The predicted octanol–water partition coefficient (Wildman–Crippen LogP) is 3.53.